The Morgan fingerprint density at radius 3 is 2.78 bits per heavy atom. The molecular formula is C17H23N5O4S. The van der Waals surface area contributed by atoms with Crippen molar-refractivity contribution in [1.29, 1.82) is 0 Å². The number of oxazole rings is 1. The van der Waals surface area contributed by atoms with E-state index in [4.69, 9.17) is 16.6 Å². The molecule has 0 bridgehead atoms. The van der Waals surface area contributed by atoms with Crippen molar-refractivity contribution in [3.05, 3.63) is 33.3 Å². The highest BCUT2D eigenvalue weighted by Crippen LogP contribution is 2.33. The molecule has 2 heterocycles. The highest BCUT2D eigenvalue weighted by atomic mass is 32.1. The number of anilines is 1. The van der Waals surface area contributed by atoms with Gasteiger partial charge >= 0.3 is 0 Å². The topological polar surface area (TPSA) is 112 Å². The molecule has 1 aliphatic heterocycles. The van der Waals surface area contributed by atoms with Crippen LogP contribution in [0.5, 0.6) is 0 Å². The van der Waals surface area contributed by atoms with Crippen LogP contribution in [0.15, 0.2) is 16.5 Å². The zero-order chi connectivity index (χ0) is 19.9. The molecule has 1 aliphatic rings. The standard InChI is InChI=1S/C17H23N5O4S/c1-10-9-20(23)5-6-21(10)16(27)19-11-7-12-14(8-13(11)22(24)25)26-15(18-12)17(2,3)4/h7-8,10,20H,5-6,9H2,1-4H3,(H,19,27). The number of benzene rings is 1. The van der Waals surface area contributed by atoms with E-state index in [0.717, 1.165) is 0 Å². The van der Waals surface area contributed by atoms with Crippen LogP contribution in [0.2, 0.25) is 0 Å². The molecule has 2 aromatic rings. The van der Waals surface area contributed by atoms with Gasteiger partial charge < -0.3 is 24.9 Å². The van der Waals surface area contributed by atoms with Crippen molar-refractivity contribution >= 4 is 39.8 Å². The Bertz CT molecular complexity index is 891. The van der Waals surface area contributed by atoms with Gasteiger partial charge in [-0.1, -0.05) is 20.8 Å². The second kappa shape index (κ2) is 7.02. The van der Waals surface area contributed by atoms with Crippen LogP contribution >= 0.6 is 12.2 Å². The van der Waals surface area contributed by atoms with Gasteiger partial charge in [0.05, 0.1) is 36.7 Å². The highest BCUT2D eigenvalue weighted by Gasteiger charge is 2.28. The first kappa shape index (κ1) is 19.5. The van der Waals surface area contributed by atoms with Crippen LogP contribution in [-0.2, 0) is 5.41 Å². The van der Waals surface area contributed by atoms with Crippen LogP contribution in [0.25, 0.3) is 11.1 Å². The molecule has 27 heavy (non-hydrogen) atoms. The molecule has 0 aliphatic carbocycles. The van der Waals surface area contributed by atoms with Crippen molar-refractivity contribution in [1.82, 2.24) is 9.88 Å². The molecule has 1 saturated heterocycles. The molecule has 0 radical (unpaired) electrons. The number of thiocarbonyl (C=S) groups is 1. The Hall–Kier alpha value is -2.30. The van der Waals surface area contributed by atoms with Crippen LogP contribution < -0.4 is 10.4 Å². The minimum Gasteiger partial charge on any atom is -0.634 e. The van der Waals surface area contributed by atoms with Crippen molar-refractivity contribution in [2.24, 2.45) is 0 Å². The van der Waals surface area contributed by atoms with Gasteiger partial charge in [0, 0.05) is 5.41 Å². The van der Waals surface area contributed by atoms with Crippen molar-refractivity contribution < 1.29 is 14.4 Å². The number of piperazine rings is 1. The summed E-state index contributed by atoms with van der Waals surface area (Å²) in [7, 11) is 0. The normalized spacial score (nSPS) is 20.7. The average Bonchev–Trinajstić information content (AvgIpc) is 2.97. The Kier molecular flexibility index (Phi) is 5.06. The average molecular weight is 393 g/mol. The van der Waals surface area contributed by atoms with Gasteiger partial charge in [0.15, 0.2) is 10.7 Å². The molecule has 1 aromatic heterocycles. The fourth-order valence-electron chi connectivity index (χ4n) is 3.03. The fraction of sp³-hybridized carbons (Fsp3) is 0.529. The Morgan fingerprint density at radius 1 is 1.48 bits per heavy atom. The third-order valence-corrected chi connectivity index (χ3v) is 4.87. The van der Waals surface area contributed by atoms with E-state index in [9.17, 15) is 15.3 Å². The maximum atomic E-state index is 11.6. The van der Waals surface area contributed by atoms with Crippen LogP contribution in [0.4, 0.5) is 11.4 Å². The molecular weight excluding hydrogens is 370 g/mol. The van der Waals surface area contributed by atoms with Crippen LogP contribution in [0, 0.1) is 15.3 Å². The SMILES string of the molecule is CC1C[NH+]([O-])CCN1C(=S)Nc1cc2nc(C(C)(C)C)oc2cc1[N+](=O)[O-]. The van der Waals surface area contributed by atoms with Gasteiger partial charge in [0.25, 0.3) is 5.69 Å². The predicted molar refractivity (Wildman–Crippen MR) is 106 cm³/mol. The van der Waals surface area contributed by atoms with Gasteiger partial charge in [-0.2, -0.15) is 0 Å². The summed E-state index contributed by atoms with van der Waals surface area (Å²) in [6, 6.07) is 2.90. The molecule has 1 fully saturated rings. The number of nitro benzene ring substituents is 1. The summed E-state index contributed by atoms with van der Waals surface area (Å²) in [5, 5.41) is 26.6. The van der Waals surface area contributed by atoms with Crippen molar-refractivity contribution in [2.45, 2.75) is 39.2 Å². The summed E-state index contributed by atoms with van der Waals surface area (Å²) < 4.78 is 5.70. The van der Waals surface area contributed by atoms with E-state index in [1.54, 1.807) is 6.07 Å². The number of hydroxylamine groups is 2. The van der Waals surface area contributed by atoms with E-state index in [0.29, 0.717) is 41.7 Å². The number of nitro groups is 1. The van der Waals surface area contributed by atoms with Crippen molar-refractivity contribution in [2.75, 3.05) is 25.0 Å². The molecule has 0 saturated carbocycles. The van der Waals surface area contributed by atoms with Gasteiger partial charge in [-0.05, 0) is 25.2 Å². The Balaban J connectivity index is 1.93. The third-order valence-electron chi connectivity index (χ3n) is 4.53. The van der Waals surface area contributed by atoms with Crippen LogP contribution in [0.1, 0.15) is 33.6 Å². The molecule has 2 atom stereocenters. The molecule has 0 spiro atoms. The number of rotatable bonds is 2. The first-order chi connectivity index (χ1) is 12.6. The maximum absolute atomic E-state index is 11.6. The maximum Gasteiger partial charge on any atom is 0.296 e. The lowest BCUT2D eigenvalue weighted by atomic mass is 9.97. The minimum absolute atomic E-state index is 0.0476. The molecule has 146 valence electrons. The van der Waals surface area contributed by atoms with E-state index >= 15 is 0 Å². The second-order valence-corrected chi connectivity index (χ2v) is 8.22. The molecule has 3 rings (SSSR count). The first-order valence-electron chi connectivity index (χ1n) is 8.75. The smallest absolute Gasteiger partial charge is 0.296 e. The van der Waals surface area contributed by atoms with Crippen molar-refractivity contribution in [3.63, 3.8) is 0 Å². The van der Waals surface area contributed by atoms with Crippen molar-refractivity contribution in [3.8, 4) is 0 Å². The molecule has 10 heteroatoms. The zero-order valence-corrected chi connectivity index (χ0v) is 16.6. The first-order valence-corrected chi connectivity index (χ1v) is 9.16. The highest BCUT2D eigenvalue weighted by molar-refractivity contribution is 7.80. The second-order valence-electron chi connectivity index (χ2n) is 7.83. The van der Waals surface area contributed by atoms with Gasteiger partial charge in [0.2, 0.25) is 5.89 Å². The number of hydrogen-bond donors (Lipinski definition) is 2. The van der Waals surface area contributed by atoms with Gasteiger partial charge in [-0.3, -0.25) is 10.1 Å². The number of fused-ring (bicyclic) bond motifs is 1. The molecule has 0 amide bonds. The van der Waals surface area contributed by atoms with E-state index in [-0.39, 0.29) is 27.9 Å². The summed E-state index contributed by atoms with van der Waals surface area (Å²) in [5.74, 6) is 0.509. The van der Waals surface area contributed by atoms with E-state index in [1.165, 1.54) is 6.07 Å². The third kappa shape index (κ3) is 4.02. The molecule has 2 N–H and O–H groups in total. The number of aromatic nitrogens is 1. The summed E-state index contributed by atoms with van der Waals surface area (Å²) in [5.41, 5.74) is 0.696. The van der Waals surface area contributed by atoms with E-state index < -0.39 is 4.92 Å². The summed E-state index contributed by atoms with van der Waals surface area (Å²) in [6.45, 7) is 9.13. The van der Waals surface area contributed by atoms with E-state index in [2.05, 4.69) is 10.3 Å². The summed E-state index contributed by atoms with van der Waals surface area (Å²) >= 11 is 5.44. The van der Waals surface area contributed by atoms with Gasteiger partial charge in [-0.15, -0.1) is 0 Å². The van der Waals surface area contributed by atoms with Crippen LogP contribution in [-0.4, -0.2) is 45.6 Å². The zero-order valence-electron chi connectivity index (χ0n) is 15.7. The number of quaternary nitrogens is 1. The fourth-order valence-corrected chi connectivity index (χ4v) is 3.41. The van der Waals surface area contributed by atoms with Gasteiger partial charge in [-0.25, -0.2) is 4.98 Å². The number of nitrogens with zero attached hydrogens (tertiary/aromatic N) is 3. The van der Waals surface area contributed by atoms with E-state index in [1.807, 2.05) is 32.6 Å². The lowest BCUT2D eigenvalue weighted by Crippen LogP contribution is -3.11. The summed E-state index contributed by atoms with van der Waals surface area (Å²) in [4.78, 5) is 17.4. The minimum atomic E-state index is -0.479. The largest absolute Gasteiger partial charge is 0.634 e. The Morgan fingerprint density at radius 2 is 2.19 bits per heavy atom. The van der Waals surface area contributed by atoms with Gasteiger partial charge in [0.1, 0.15) is 11.2 Å². The quantitative estimate of drug-likeness (QED) is 0.344. The molecule has 1 aromatic carbocycles. The lowest BCUT2D eigenvalue weighted by Gasteiger charge is -2.40. The number of nitrogens with one attached hydrogen (secondary N) is 2. The predicted octanol–water partition coefficient (Wildman–Crippen LogP) is 1.82. The lowest BCUT2D eigenvalue weighted by molar-refractivity contribution is -0.855. The van der Waals surface area contributed by atoms with Crippen LogP contribution in [0.3, 0.4) is 0 Å². The number of hydrogen-bond acceptors (Lipinski definition) is 6. The Labute approximate surface area is 162 Å². The molecule has 2 unspecified atom stereocenters. The monoisotopic (exact) mass is 393 g/mol. The molecule has 9 nitrogen and oxygen atoms in total. The summed E-state index contributed by atoms with van der Waals surface area (Å²) in [6.07, 6.45) is 0.